The van der Waals surface area contributed by atoms with Crippen molar-refractivity contribution < 1.29 is 4.39 Å². The summed E-state index contributed by atoms with van der Waals surface area (Å²) in [5, 5.41) is 6.14. The van der Waals surface area contributed by atoms with Crippen LogP contribution in [0.5, 0.6) is 0 Å². The van der Waals surface area contributed by atoms with E-state index in [-0.39, 0.29) is 5.02 Å². The Morgan fingerprint density at radius 3 is 2.95 bits per heavy atom. The number of nitrogens with zero attached hydrogens (tertiary/aromatic N) is 3. The van der Waals surface area contributed by atoms with E-state index in [9.17, 15) is 4.39 Å². The molecular weight excluding hydrogens is 295 g/mol. The molecule has 1 aromatic carbocycles. The van der Waals surface area contributed by atoms with E-state index in [0.29, 0.717) is 29.5 Å². The van der Waals surface area contributed by atoms with E-state index >= 15 is 0 Å². The summed E-state index contributed by atoms with van der Waals surface area (Å²) in [5.74, 6) is 0.646. The molecule has 0 aliphatic heterocycles. The van der Waals surface area contributed by atoms with Gasteiger partial charge in [0.25, 0.3) is 0 Å². The van der Waals surface area contributed by atoms with E-state index in [0.717, 1.165) is 5.56 Å². The van der Waals surface area contributed by atoms with Crippen molar-refractivity contribution in [3.05, 3.63) is 40.9 Å². The number of nitrogens with one attached hydrogen (secondary N) is 3. The van der Waals surface area contributed by atoms with Crippen LogP contribution >= 0.6 is 11.6 Å². The van der Waals surface area contributed by atoms with Crippen LogP contribution in [0.3, 0.4) is 0 Å². The molecule has 6 nitrogen and oxygen atoms in total. The second-order valence-electron chi connectivity index (χ2n) is 4.35. The molecule has 0 aliphatic rings. The SMILES string of the molecule is CNc1nc(NCc2ccc(F)c(Cl)c2)c2[nH]cnc2n1. The maximum atomic E-state index is 13.1. The van der Waals surface area contributed by atoms with Crippen LogP contribution in [0, 0.1) is 5.82 Å². The fraction of sp³-hybridized carbons (Fsp3) is 0.154. The van der Waals surface area contributed by atoms with Crippen molar-refractivity contribution in [2.75, 3.05) is 17.7 Å². The van der Waals surface area contributed by atoms with Gasteiger partial charge in [-0.2, -0.15) is 9.97 Å². The van der Waals surface area contributed by atoms with Gasteiger partial charge in [0.15, 0.2) is 11.5 Å². The predicted octanol–water partition coefficient (Wildman–Crippen LogP) is 2.80. The minimum absolute atomic E-state index is 0.0968. The minimum atomic E-state index is -0.434. The molecule has 21 heavy (non-hydrogen) atoms. The fourth-order valence-electron chi connectivity index (χ4n) is 1.91. The van der Waals surface area contributed by atoms with Crippen LogP contribution in [0.15, 0.2) is 24.5 Å². The molecule has 0 saturated carbocycles. The molecule has 0 fully saturated rings. The Balaban J connectivity index is 1.87. The third kappa shape index (κ3) is 2.73. The maximum Gasteiger partial charge on any atom is 0.226 e. The van der Waals surface area contributed by atoms with E-state index in [1.807, 2.05) is 0 Å². The average Bonchev–Trinajstić information content (AvgIpc) is 2.96. The van der Waals surface area contributed by atoms with Crippen molar-refractivity contribution in [3.8, 4) is 0 Å². The Kier molecular flexibility index (Phi) is 3.57. The number of hydrogen-bond acceptors (Lipinski definition) is 5. The van der Waals surface area contributed by atoms with E-state index < -0.39 is 5.82 Å². The topological polar surface area (TPSA) is 78.5 Å². The third-order valence-corrected chi connectivity index (χ3v) is 3.24. The monoisotopic (exact) mass is 306 g/mol. The van der Waals surface area contributed by atoms with Crippen LogP contribution in [0.4, 0.5) is 16.2 Å². The number of benzene rings is 1. The number of anilines is 2. The number of fused-ring (bicyclic) bond motifs is 1. The van der Waals surface area contributed by atoms with Crippen LogP contribution < -0.4 is 10.6 Å². The number of H-pyrrole nitrogens is 1. The molecule has 0 atom stereocenters. The number of rotatable bonds is 4. The lowest BCUT2D eigenvalue weighted by Gasteiger charge is -2.08. The molecule has 0 spiro atoms. The van der Waals surface area contributed by atoms with Crippen LogP contribution in [-0.4, -0.2) is 27.0 Å². The summed E-state index contributed by atoms with van der Waals surface area (Å²) >= 11 is 5.77. The van der Waals surface area contributed by atoms with Crippen molar-refractivity contribution in [1.29, 1.82) is 0 Å². The van der Waals surface area contributed by atoms with E-state index in [1.54, 1.807) is 25.5 Å². The van der Waals surface area contributed by atoms with E-state index in [2.05, 4.69) is 30.6 Å². The Morgan fingerprint density at radius 1 is 1.33 bits per heavy atom. The standard InChI is InChI=1S/C13H12ClFN6/c1-16-13-20-11(10-12(21-13)19-6-18-10)17-5-7-2-3-9(15)8(14)4-7/h2-4,6H,5H2,1H3,(H3,16,17,18,19,20,21). The third-order valence-electron chi connectivity index (χ3n) is 2.95. The molecule has 0 saturated heterocycles. The highest BCUT2D eigenvalue weighted by Gasteiger charge is 2.09. The molecule has 3 rings (SSSR count). The highest BCUT2D eigenvalue weighted by atomic mass is 35.5. The first kappa shape index (κ1) is 13.6. The number of aromatic amines is 1. The maximum absolute atomic E-state index is 13.1. The summed E-state index contributed by atoms with van der Waals surface area (Å²) in [5.41, 5.74) is 2.12. The second kappa shape index (κ2) is 5.53. The number of hydrogen-bond donors (Lipinski definition) is 3. The largest absolute Gasteiger partial charge is 0.364 e. The highest BCUT2D eigenvalue weighted by molar-refractivity contribution is 6.30. The quantitative estimate of drug-likeness (QED) is 0.691. The van der Waals surface area contributed by atoms with E-state index in [4.69, 9.17) is 11.6 Å². The van der Waals surface area contributed by atoms with Crippen molar-refractivity contribution in [3.63, 3.8) is 0 Å². The fourth-order valence-corrected chi connectivity index (χ4v) is 2.11. The first-order valence-corrected chi connectivity index (χ1v) is 6.62. The van der Waals surface area contributed by atoms with Gasteiger partial charge in [0.1, 0.15) is 11.3 Å². The predicted molar refractivity (Wildman–Crippen MR) is 80.0 cm³/mol. The molecule has 3 N–H and O–H groups in total. The Morgan fingerprint density at radius 2 is 2.19 bits per heavy atom. The summed E-state index contributed by atoms with van der Waals surface area (Å²) < 4.78 is 13.1. The van der Waals surface area contributed by atoms with Crippen molar-refractivity contribution in [1.82, 2.24) is 19.9 Å². The van der Waals surface area contributed by atoms with Crippen molar-refractivity contribution >= 4 is 34.5 Å². The molecule has 0 amide bonds. The molecule has 8 heteroatoms. The normalized spacial score (nSPS) is 10.8. The molecule has 0 bridgehead atoms. The number of halogens is 2. The molecule has 2 aromatic heterocycles. The second-order valence-corrected chi connectivity index (χ2v) is 4.76. The van der Waals surface area contributed by atoms with Crippen molar-refractivity contribution in [2.45, 2.75) is 6.54 Å². The van der Waals surface area contributed by atoms with Gasteiger partial charge in [0.05, 0.1) is 11.3 Å². The van der Waals surface area contributed by atoms with Gasteiger partial charge >= 0.3 is 0 Å². The number of aromatic nitrogens is 4. The van der Waals surface area contributed by atoms with Crippen LogP contribution in [-0.2, 0) is 6.54 Å². The first-order valence-electron chi connectivity index (χ1n) is 6.24. The van der Waals surface area contributed by atoms with Crippen LogP contribution in [0.1, 0.15) is 5.56 Å². The van der Waals surface area contributed by atoms with Crippen LogP contribution in [0.25, 0.3) is 11.2 Å². The first-order chi connectivity index (χ1) is 10.2. The molecule has 0 radical (unpaired) electrons. The molecule has 2 heterocycles. The van der Waals surface area contributed by atoms with Gasteiger partial charge in [-0.1, -0.05) is 17.7 Å². The molecule has 0 aliphatic carbocycles. The lowest BCUT2D eigenvalue weighted by molar-refractivity contribution is 0.627. The average molecular weight is 307 g/mol. The number of imidazole rings is 1. The van der Waals surface area contributed by atoms with Gasteiger partial charge in [-0.05, 0) is 17.7 Å². The highest BCUT2D eigenvalue weighted by Crippen LogP contribution is 2.20. The molecule has 3 aromatic rings. The van der Waals surface area contributed by atoms with Crippen LogP contribution in [0.2, 0.25) is 5.02 Å². The van der Waals surface area contributed by atoms with Crippen molar-refractivity contribution in [2.24, 2.45) is 0 Å². The van der Waals surface area contributed by atoms with Gasteiger partial charge in [0.2, 0.25) is 5.95 Å². The Bertz CT molecular complexity index is 787. The Labute approximate surface area is 124 Å². The minimum Gasteiger partial charge on any atom is -0.364 e. The smallest absolute Gasteiger partial charge is 0.226 e. The Hall–Kier alpha value is -2.41. The zero-order valence-electron chi connectivity index (χ0n) is 11.1. The van der Waals surface area contributed by atoms with E-state index in [1.165, 1.54) is 6.07 Å². The summed E-state index contributed by atoms with van der Waals surface area (Å²) in [7, 11) is 1.73. The van der Waals surface area contributed by atoms with Gasteiger partial charge in [-0.15, -0.1) is 0 Å². The van der Waals surface area contributed by atoms with Gasteiger partial charge in [0, 0.05) is 13.6 Å². The lowest BCUT2D eigenvalue weighted by atomic mass is 10.2. The van der Waals surface area contributed by atoms with Gasteiger partial charge < -0.3 is 15.6 Å². The molecule has 0 unspecified atom stereocenters. The van der Waals surface area contributed by atoms with Gasteiger partial charge in [-0.3, -0.25) is 0 Å². The summed E-state index contributed by atoms with van der Waals surface area (Å²) in [6, 6.07) is 4.58. The summed E-state index contributed by atoms with van der Waals surface area (Å²) in [6.45, 7) is 0.453. The summed E-state index contributed by atoms with van der Waals surface area (Å²) in [4.78, 5) is 15.6. The lowest BCUT2D eigenvalue weighted by Crippen LogP contribution is -2.05. The zero-order valence-corrected chi connectivity index (χ0v) is 11.9. The zero-order chi connectivity index (χ0) is 14.8. The summed E-state index contributed by atoms with van der Waals surface area (Å²) in [6.07, 6.45) is 1.55. The molecule has 108 valence electrons. The molecular formula is C13H12ClFN6. The van der Waals surface area contributed by atoms with Gasteiger partial charge in [-0.25, -0.2) is 9.37 Å².